The molecule has 0 aliphatic carbocycles. The van der Waals surface area contributed by atoms with Crippen molar-refractivity contribution in [2.45, 2.75) is 6.04 Å². The second kappa shape index (κ2) is 8.08. The van der Waals surface area contributed by atoms with Gasteiger partial charge in [0.2, 0.25) is 0 Å². The molecule has 0 unspecified atom stereocenters. The third kappa shape index (κ3) is 3.83. The lowest BCUT2D eigenvalue weighted by atomic mass is 10.1. The Morgan fingerprint density at radius 2 is 1.56 bits per heavy atom. The average molecular weight is 391 g/mol. The van der Waals surface area contributed by atoms with Gasteiger partial charge in [0, 0.05) is 18.8 Å². The van der Waals surface area contributed by atoms with Gasteiger partial charge in [0.05, 0.1) is 6.04 Å². The molecule has 0 amide bonds. The highest BCUT2D eigenvalue weighted by Crippen LogP contribution is 2.37. The standard InChI is InChI=1S/C23H20ClN2P/c1-26-15-9-8-14-21(26)20-17-25-23(24)16-22(20)27(18-10-4-2-5-11-18)19-12-6-3-7-13-19/h2-17,21H,1H3/t21-/m0/s1. The van der Waals surface area contributed by atoms with Crippen LogP contribution in [-0.2, 0) is 0 Å². The monoisotopic (exact) mass is 390 g/mol. The van der Waals surface area contributed by atoms with Crippen LogP contribution < -0.4 is 15.9 Å². The Morgan fingerprint density at radius 1 is 0.926 bits per heavy atom. The van der Waals surface area contributed by atoms with E-state index in [4.69, 9.17) is 11.6 Å². The Bertz CT molecular complexity index is 931. The molecule has 1 atom stereocenters. The molecule has 0 bridgehead atoms. The van der Waals surface area contributed by atoms with Gasteiger partial charge >= 0.3 is 0 Å². The summed E-state index contributed by atoms with van der Waals surface area (Å²) < 4.78 is 0. The van der Waals surface area contributed by atoms with Gasteiger partial charge in [-0.15, -0.1) is 0 Å². The number of rotatable bonds is 4. The van der Waals surface area contributed by atoms with Gasteiger partial charge in [-0.05, 0) is 42.2 Å². The zero-order chi connectivity index (χ0) is 18.6. The summed E-state index contributed by atoms with van der Waals surface area (Å²) in [6.07, 6.45) is 10.4. The molecule has 4 heteroatoms. The summed E-state index contributed by atoms with van der Waals surface area (Å²) in [4.78, 5) is 6.62. The molecule has 0 N–H and O–H groups in total. The summed E-state index contributed by atoms with van der Waals surface area (Å²) in [5.74, 6) is 0. The molecule has 27 heavy (non-hydrogen) atoms. The quantitative estimate of drug-likeness (QED) is 0.480. The minimum Gasteiger partial charge on any atom is -0.370 e. The molecular formula is C23H20ClN2P. The fourth-order valence-corrected chi connectivity index (χ4v) is 6.07. The molecule has 3 aromatic rings. The van der Waals surface area contributed by atoms with E-state index >= 15 is 0 Å². The molecule has 0 radical (unpaired) electrons. The van der Waals surface area contributed by atoms with Gasteiger partial charge in [-0.1, -0.05) is 84.4 Å². The first kappa shape index (κ1) is 18.0. The Labute approximate surface area is 166 Å². The summed E-state index contributed by atoms with van der Waals surface area (Å²) >= 11 is 6.36. The molecule has 0 saturated heterocycles. The number of pyridine rings is 1. The molecule has 2 nitrogen and oxygen atoms in total. The fourth-order valence-electron chi connectivity index (χ4n) is 3.34. The lowest BCUT2D eigenvalue weighted by Crippen LogP contribution is -2.29. The number of benzene rings is 2. The second-order valence-corrected chi connectivity index (χ2v) is 8.98. The number of hydrogen-bond acceptors (Lipinski definition) is 2. The minimum absolute atomic E-state index is 0.146. The molecule has 4 rings (SSSR count). The van der Waals surface area contributed by atoms with E-state index < -0.39 is 7.92 Å². The van der Waals surface area contributed by atoms with E-state index in [2.05, 4.69) is 102 Å². The maximum absolute atomic E-state index is 6.36. The zero-order valence-corrected chi connectivity index (χ0v) is 16.7. The number of halogens is 1. The number of nitrogens with zero attached hydrogens (tertiary/aromatic N) is 2. The van der Waals surface area contributed by atoms with E-state index in [0.29, 0.717) is 5.15 Å². The van der Waals surface area contributed by atoms with Crippen LogP contribution in [0.2, 0.25) is 5.15 Å². The van der Waals surface area contributed by atoms with E-state index in [1.807, 2.05) is 12.3 Å². The molecule has 1 aliphatic heterocycles. The van der Waals surface area contributed by atoms with E-state index in [-0.39, 0.29) is 6.04 Å². The molecule has 2 aromatic carbocycles. The van der Waals surface area contributed by atoms with Gasteiger partial charge < -0.3 is 4.90 Å². The lowest BCUT2D eigenvalue weighted by Gasteiger charge is -2.30. The van der Waals surface area contributed by atoms with E-state index in [9.17, 15) is 0 Å². The van der Waals surface area contributed by atoms with Crippen molar-refractivity contribution in [1.29, 1.82) is 0 Å². The number of allylic oxidation sites excluding steroid dienone is 2. The SMILES string of the molecule is CN1C=CC=C[C@H]1c1cnc(Cl)cc1P(c1ccccc1)c1ccccc1. The molecule has 2 heterocycles. The van der Waals surface area contributed by atoms with Crippen LogP contribution in [-0.4, -0.2) is 16.9 Å². The van der Waals surface area contributed by atoms with Crippen molar-refractivity contribution in [2.75, 3.05) is 7.05 Å². The van der Waals surface area contributed by atoms with Crippen LogP contribution in [0.3, 0.4) is 0 Å². The molecule has 0 fully saturated rings. The molecule has 0 spiro atoms. The average Bonchev–Trinajstić information content (AvgIpc) is 2.71. The Kier molecular flexibility index (Phi) is 5.38. The number of hydrogen-bond donors (Lipinski definition) is 0. The van der Waals surface area contributed by atoms with Crippen molar-refractivity contribution in [3.63, 3.8) is 0 Å². The van der Waals surface area contributed by atoms with Crippen LogP contribution in [0.15, 0.2) is 97.4 Å². The van der Waals surface area contributed by atoms with Crippen LogP contribution >= 0.6 is 19.5 Å². The third-order valence-corrected chi connectivity index (χ3v) is 7.34. The van der Waals surface area contributed by atoms with Gasteiger partial charge in [-0.2, -0.15) is 0 Å². The number of likely N-dealkylation sites (N-methyl/N-ethyl adjacent to an activating group) is 1. The van der Waals surface area contributed by atoms with Crippen LogP contribution in [0.25, 0.3) is 0 Å². The molecule has 0 saturated carbocycles. The van der Waals surface area contributed by atoms with E-state index in [0.717, 1.165) is 0 Å². The molecule has 1 aromatic heterocycles. The Balaban J connectivity index is 1.91. The van der Waals surface area contributed by atoms with Crippen molar-refractivity contribution >= 4 is 35.4 Å². The van der Waals surface area contributed by atoms with Crippen molar-refractivity contribution in [3.05, 3.63) is 108 Å². The highest BCUT2D eigenvalue weighted by Gasteiger charge is 2.25. The summed E-state index contributed by atoms with van der Waals surface area (Å²) in [5.41, 5.74) is 1.20. The maximum Gasteiger partial charge on any atom is 0.129 e. The van der Waals surface area contributed by atoms with Crippen LogP contribution in [0.5, 0.6) is 0 Å². The Morgan fingerprint density at radius 3 is 2.15 bits per heavy atom. The molecule has 1 aliphatic rings. The number of aromatic nitrogens is 1. The van der Waals surface area contributed by atoms with E-state index in [1.165, 1.54) is 21.5 Å². The normalized spacial score (nSPS) is 16.1. The summed E-state index contributed by atoms with van der Waals surface area (Å²) in [7, 11) is 1.36. The first-order chi connectivity index (χ1) is 13.2. The van der Waals surface area contributed by atoms with Gasteiger partial charge in [-0.3, -0.25) is 0 Å². The Hall–Kier alpha value is -2.41. The highest BCUT2D eigenvalue weighted by molar-refractivity contribution is 7.79. The smallest absolute Gasteiger partial charge is 0.129 e. The molecule has 134 valence electrons. The zero-order valence-electron chi connectivity index (χ0n) is 15.0. The largest absolute Gasteiger partial charge is 0.370 e. The van der Waals surface area contributed by atoms with Crippen molar-refractivity contribution in [3.8, 4) is 0 Å². The highest BCUT2D eigenvalue weighted by atomic mass is 35.5. The predicted octanol–water partition coefficient (Wildman–Crippen LogP) is 4.55. The molecular weight excluding hydrogens is 371 g/mol. The van der Waals surface area contributed by atoms with Crippen molar-refractivity contribution in [1.82, 2.24) is 9.88 Å². The van der Waals surface area contributed by atoms with Gasteiger partial charge in [0.1, 0.15) is 5.15 Å². The topological polar surface area (TPSA) is 16.1 Å². The third-order valence-electron chi connectivity index (χ3n) is 4.63. The van der Waals surface area contributed by atoms with Crippen LogP contribution in [0.4, 0.5) is 0 Å². The fraction of sp³-hybridized carbons (Fsp3) is 0.0870. The van der Waals surface area contributed by atoms with Gasteiger partial charge in [0.15, 0.2) is 0 Å². The summed E-state index contributed by atoms with van der Waals surface area (Å²) in [6, 6.07) is 23.5. The van der Waals surface area contributed by atoms with Crippen molar-refractivity contribution < 1.29 is 0 Å². The minimum atomic E-state index is -0.736. The first-order valence-electron chi connectivity index (χ1n) is 8.86. The lowest BCUT2D eigenvalue weighted by molar-refractivity contribution is 0.390. The summed E-state index contributed by atoms with van der Waals surface area (Å²) in [6.45, 7) is 0. The summed E-state index contributed by atoms with van der Waals surface area (Å²) in [5, 5.41) is 4.39. The first-order valence-corrected chi connectivity index (χ1v) is 10.6. The predicted molar refractivity (Wildman–Crippen MR) is 117 cm³/mol. The van der Waals surface area contributed by atoms with Crippen LogP contribution in [0.1, 0.15) is 11.6 Å². The van der Waals surface area contributed by atoms with Crippen molar-refractivity contribution in [2.24, 2.45) is 0 Å². The maximum atomic E-state index is 6.36. The van der Waals surface area contributed by atoms with Gasteiger partial charge in [-0.25, -0.2) is 4.98 Å². The van der Waals surface area contributed by atoms with Gasteiger partial charge in [0.25, 0.3) is 0 Å². The van der Waals surface area contributed by atoms with E-state index in [1.54, 1.807) is 0 Å². The van der Waals surface area contributed by atoms with Crippen LogP contribution in [0, 0.1) is 0 Å². The second-order valence-electron chi connectivity index (χ2n) is 6.41.